The standard InChI is InChI=1S/C16H19NO2/c1-3-17(12-11-16(18)19-2)15-10-6-8-13-7-4-5-9-14(13)15/h4-10H,3,11-12H2,1-2H3. The molecule has 0 bridgehead atoms. The molecule has 0 spiro atoms. The van der Waals surface area contributed by atoms with E-state index in [0.717, 1.165) is 6.54 Å². The fourth-order valence-electron chi connectivity index (χ4n) is 2.26. The lowest BCUT2D eigenvalue weighted by atomic mass is 10.1. The van der Waals surface area contributed by atoms with Gasteiger partial charge < -0.3 is 9.64 Å². The third-order valence-corrected chi connectivity index (χ3v) is 3.30. The second-order valence-corrected chi connectivity index (χ2v) is 4.40. The van der Waals surface area contributed by atoms with Gasteiger partial charge in [-0.2, -0.15) is 0 Å². The van der Waals surface area contributed by atoms with E-state index in [9.17, 15) is 4.79 Å². The first-order valence-electron chi connectivity index (χ1n) is 6.55. The third-order valence-electron chi connectivity index (χ3n) is 3.30. The van der Waals surface area contributed by atoms with Gasteiger partial charge in [-0.15, -0.1) is 0 Å². The lowest BCUT2D eigenvalue weighted by Crippen LogP contribution is -2.26. The number of nitrogens with zero attached hydrogens (tertiary/aromatic N) is 1. The zero-order valence-electron chi connectivity index (χ0n) is 11.4. The first kappa shape index (κ1) is 13.4. The van der Waals surface area contributed by atoms with Gasteiger partial charge in [-0.05, 0) is 18.4 Å². The molecule has 0 unspecified atom stereocenters. The highest BCUT2D eigenvalue weighted by molar-refractivity contribution is 5.94. The summed E-state index contributed by atoms with van der Waals surface area (Å²) in [6.45, 7) is 3.64. The van der Waals surface area contributed by atoms with E-state index in [4.69, 9.17) is 4.74 Å². The van der Waals surface area contributed by atoms with E-state index < -0.39 is 0 Å². The molecule has 19 heavy (non-hydrogen) atoms. The molecule has 0 fully saturated rings. The van der Waals surface area contributed by atoms with Crippen molar-refractivity contribution in [2.45, 2.75) is 13.3 Å². The first-order valence-corrected chi connectivity index (χ1v) is 6.55. The largest absolute Gasteiger partial charge is 0.469 e. The fraction of sp³-hybridized carbons (Fsp3) is 0.312. The molecule has 2 aromatic carbocycles. The van der Waals surface area contributed by atoms with Gasteiger partial charge in [-0.3, -0.25) is 4.79 Å². The number of carbonyl (C=O) groups is 1. The Morgan fingerprint density at radius 2 is 1.89 bits per heavy atom. The highest BCUT2D eigenvalue weighted by Gasteiger charge is 2.10. The van der Waals surface area contributed by atoms with Gasteiger partial charge >= 0.3 is 5.97 Å². The Morgan fingerprint density at radius 3 is 2.63 bits per heavy atom. The zero-order chi connectivity index (χ0) is 13.7. The van der Waals surface area contributed by atoms with Crippen LogP contribution < -0.4 is 4.90 Å². The monoisotopic (exact) mass is 257 g/mol. The van der Waals surface area contributed by atoms with Crippen LogP contribution in [0.25, 0.3) is 10.8 Å². The van der Waals surface area contributed by atoms with Crippen molar-refractivity contribution in [2.75, 3.05) is 25.1 Å². The van der Waals surface area contributed by atoms with Crippen LogP contribution in [-0.2, 0) is 9.53 Å². The van der Waals surface area contributed by atoms with Crippen molar-refractivity contribution in [2.24, 2.45) is 0 Å². The number of hydrogen-bond acceptors (Lipinski definition) is 3. The van der Waals surface area contributed by atoms with Crippen LogP contribution in [0.2, 0.25) is 0 Å². The maximum absolute atomic E-state index is 11.3. The topological polar surface area (TPSA) is 29.5 Å². The maximum Gasteiger partial charge on any atom is 0.307 e. The van der Waals surface area contributed by atoms with Crippen LogP contribution in [0, 0.1) is 0 Å². The number of rotatable bonds is 5. The minimum absolute atomic E-state index is 0.168. The van der Waals surface area contributed by atoms with Crippen LogP contribution in [0.4, 0.5) is 5.69 Å². The summed E-state index contributed by atoms with van der Waals surface area (Å²) in [6.07, 6.45) is 0.410. The van der Waals surface area contributed by atoms with Gasteiger partial charge in [0.15, 0.2) is 0 Å². The zero-order valence-corrected chi connectivity index (χ0v) is 11.4. The summed E-state index contributed by atoms with van der Waals surface area (Å²) in [4.78, 5) is 13.5. The van der Waals surface area contributed by atoms with E-state index >= 15 is 0 Å². The Hall–Kier alpha value is -2.03. The number of benzene rings is 2. The summed E-state index contributed by atoms with van der Waals surface area (Å²) in [5.74, 6) is -0.168. The molecule has 0 aromatic heterocycles. The van der Waals surface area contributed by atoms with Crippen molar-refractivity contribution >= 4 is 22.4 Å². The molecule has 0 saturated carbocycles. The summed E-state index contributed by atoms with van der Waals surface area (Å²) in [5.41, 5.74) is 1.17. The van der Waals surface area contributed by atoms with Gasteiger partial charge in [-0.1, -0.05) is 36.4 Å². The average molecular weight is 257 g/mol. The Balaban J connectivity index is 2.27. The summed E-state index contributed by atoms with van der Waals surface area (Å²) in [5, 5.41) is 2.44. The van der Waals surface area contributed by atoms with Crippen molar-refractivity contribution in [1.82, 2.24) is 0 Å². The molecule has 0 aliphatic rings. The van der Waals surface area contributed by atoms with E-state index in [0.29, 0.717) is 13.0 Å². The van der Waals surface area contributed by atoms with Crippen LogP contribution in [0.3, 0.4) is 0 Å². The number of fused-ring (bicyclic) bond motifs is 1. The van der Waals surface area contributed by atoms with E-state index in [2.05, 4.69) is 42.2 Å². The van der Waals surface area contributed by atoms with E-state index in [-0.39, 0.29) is 5.97 Å². The predicted octanol–water partition coefficient (Wildman–Crippen LogP) is 3.23. The second kappa shape index (κ2) is 6.23. The molecule has 0 heterocycles. The highest BCUT2D eigenvalue weighted by Crippen LogP contribution is 2.26. The predicted molar refractivity (Wildman–Crippen MR) is 78.5 cm³/mol. The normalized spacial score (nSPS) is 10.4. The number of methoxy groups -OCH3 is 1. The minimum atomic E-state index is -0.168. The molecular formula is C16H19NO2. The number of ether oxygens (including phenoxy) is 1. The van der Waals surface area contributed by atoms with E-state index in [1.165, 1.54) is 23.6 Å². The lowest BCUT2D eigenvalue weighted by Gasteiger charge is -2.24. The summed E-state index contributed by atoms with van der Waals surface area (Å²) in [7, 11) is 1.43. The molecule has 0 aliphatic carbocycles. The van der Waals surface area contributed by atoms with Crippen molar-refractivity contribution in [3.63, 3.8) is 0 Å². The van der Waals surface area contributed by atoms with Crippen LogP contribution in [0.1, 0.15) is 13.3 Å². The fourth-order valence-corrected chi connectivity index (χ4v) is 2.26. The number of carbonyl (C=O) groups excluding carboxylic acids is 1. The van der Waals surface area contributed by atoms with Crippen LogP contribution in [-0.4, -0.2) is 26.2 Å². The molecular weight excluding hydrogens is 238 g/mol. The highest BCUT2D eigenvalue weighted by atomic mass is 16.5. The van der Waals surface area contributed by atoms with Gasteiger partial charge in [0.1, 0.15) is 0 Å². The van der Waals surface area contributed by atoms with Crippen LogP contribution >= 0.6 is 0 Å². The molecule has 100 valence electrons. The van der Waals surface area contributed by atoms with E-state index in [1.54, 1.807) is 0 Å². The van der Waals surface area contributed by atoms with E-state index in [1.807, 2.05) is 12.1 Å². The molecule has 0 atom stereocenters. The summed E-state index contributed by atoms with van der Waals surface area (Å²) < 4.78 is 4.70. The number of hydrogen-bond donors (Lipinski definition) is 0. The molecule has 3 nitrogen and oxygen atoms in total. The minimum Gasteiger partial charge on any atom is -0.469 e. The van der Waals surface area contributed by atoms with Crippen molar-refractivity contribution in [3.8, 4) is 0 Å². The second-order valence-electron chi connectivity index (χ2n) is 4.40. The first-order chi connectivity index (χ1) is 9.26. The average Bonchev–Trinajstić information content (AvgIpc) is 2.47. The molecule has 0 saturated heterocycles. The third kappa shape index (κ3) is 3.05. The summed E-state index contributed by atoms with van der Waals surface area (Å²) >= 11 is 0. The molecule has 0 amide bonds. The Bertz CT molecular complexity index is 560. The molecule has 0 radical (unpaired) electrons. The molecule has 2 aromatic rings. The van der Waals surface area contributed by atoms with Crippen molar-refractivity contribution < 1.29 is 9.53 Å². The smallest absolute Gasteiger partial charge is 0.307 e. The Kier molecular flexibility index (Phi) is 4.39. The van der Waals surface area contributed by atoms with Gasteiger partial charge in [0, 0.05) is 24.2 Å². The van der Waals surface area contributed by atoms with Crippen molar-refractivity contribution in [1.29, 1.82) is 0 Å². The van der Waals surface area contributed by atoms with Gasteiger partial charge in [0.05, 0.1) is 13.5 Å². The quantitative estimate of drug-likeness (QED) is 0.770. The number of anilines is 1. The molecule has 0 N–H and O–H groups in total. The summed E-state index contributed by atoms with van der Waals surface area (Å²) in [6, 6.07) is 14.6. The van der Waals surface area contributed by atoms with Crippen LogP contribution in [0.15, 0.2) is 42.5 Å². The molecule has 2 rings (SSSR count). The molecule has 3 heteroatoms. The Labute approximate surface area is 113 Å². The lowest BCUT2D eigenvalue weighted by molar-refractivity contribution is -0.140. The van der Waals surface area contributed by atoms with Gasteiger partial charge in [-0.25, -0.2) is 0 Å². The van der Waals surface area contributed by atoms with Crippen LogP contribution in [0.5, 0.6) is 0 Å². The van der Waals surface area contributed by atoms with Gasteiger partial charge in [0.25, 0.3) is 0 Å². The number of esters is 1. The SMILES string of the molecule is CCN(CCC(=O)OC)c1cccc2ccccc12. The van der Waals surface area contributed by atoms with Gasteiger partial charge in [0.2, 0.25) is 0 Å². The molecule has 0 aliphatic heterocycles. The Morgan fingerprint density at radius 1 is 1.16 bits per heavy atom. The van der Waals surface area contributed by atoms with Crippen molar-refractivity contribution in [3.05, 3.63) is 42.5 Å². The maximum atomic E-state index is 11.3.